The monoisotopic (exact) mass is 211 g/mol. The molecule has 0 aliphatic carbocycles. The van der Waals surface area contributed by atoms with Crippen LogP contribution in [-0.4, -0.2) is 21.8 Å². The Morgan fingerprint density at radius 1 is 1.40 bits per heavy atom. The molecule has 1 unspecified atom stereocenters. The lowest BCUT2D eigenvalue weighted by atomic mass is 10.0. The fraction of sp³-hybridized carbons (Fsp3) is 0.222. The summed E-state index contributed by atoms with van der Waals surface area (Å²) in [4.78, 5) is 10.8. The Bertz CT molecular complexity index is 352. The number of carboxylic acids is 1. The lowest BCUT2D eigenvalue weighted by molar-refractivity contribution is -0.144. The highest BCUT2D eigenvalue weighted by Gasteiger charge is 2.32. The first-order valence-corrected chi connectivity index (χ1v) is 4.26. The first-order chi connectivity index (χ1) is 6.98. The number of hydrazine groups is 1. The Balaban J connectivity index is 2.84. The standard InChI is InChI=1S/C9H13N3O3/c10-9(12-11,8(14)15)5-6-1-3-7(13)4-2-6/h1-4,12-13H,5,10-11H2,(H,14,15). The van der Waals surface area contributed by atoms with Crippen LogP contribution in [0.2, 0.25) is 0 Å². The number of phenolic OH excluding ortho intramolecular Hbond substituents is 1. The van der Waals surface area contributed by atoms with Gasteiger partial charge in [0.2, 0.25) is 0 Å². The third-order valence-electron chi connectivity index (χ3n) is 2.06. The number of hydrogen-bond acceptors (Lipinski definition) is 5. The number of carboxylic acid groups (broad SMARTS) is 1. The predicted octanol–water partition coefficient (Wildman–Crippen LogP) is -0.862. The maximum Gasteiger partial charge on any atom is 0.340 e. The predicted molar refractivity (Wildman–Crippen MR) is 53.7 cm³/mol. The molecule has 0 aliphatic heterocycles. The number of nitrogens with one attached hydrogen (secondary N) is 1. The van der Waals surface area contributed by atoms with E-state index < -0.39 is 11.6 Å². The van der Waals surface area contributed by atoms with Gasteiger partial charge in [-0.25, -0.2) is 10.2 Å². The zero-order valence-corrected chi connectivity index (χ0v) is 7.97. The van der Waals surface area contributed by atoms with E-state index in [-0.39, 0.29) is 12.2 Å². The minimum Gasteiger partial charge on any atom is -0.508 e. The lowest BCUT2D eigenvalue weighted by Gasteiger charge is -2.23. The third kappa shape index (κ3) is 2.66. The Labute approximate surface area is 86.5 Å². The van der Waals surface area contributed by atoms with E-state index in [1.165, 1.54) is 12.1 Å². The van der Waals surface area contributed by atoms with Crippen molar-refractivity contribution in [2.45, 2.75) is 12.1 Å². The number of hydrogen-bond donors (Lipinski definition) is 5. The van der Waals surface area contributed by atoms with Crippen molar-refractivity contribution in [3.8, 4) is 5.75 Å². The highest BCUT2D eigenvalue weighted by molar-refractivity contribution is 5.78. The maximum absolute atomic E-state index is 10.8. The summed E-state index contributed by atoms with van der Waals surface area (Å²) in [6.07, 6.45) is 0.0269. The van der Waals surface area contributed by atoms with Crippen LogP contribution >= 0.6 is 0 Å². The number of benzene rings is 1. The van der Waals surface area contributed by atoms with E-state index in [1.807, 2.05) is 0 Å². The van der Waals surface area contributed by atoms with Crippen LogP contribution in [-0.2, 0) is 11.2 Å². The molecular weight excluding hydrogens is 198 g/mol. The lowest BCUT2D eigenvalue weighted by Crippen LogP contribution is -2.63. The van der Waals surface area contributed by atoms with Crippen LogP contribution in [0.15, 0.2) is 24.3 Å². The van der Waals surface area contributed by atoms with Crippen LogP contribution in [0.1, 0.15) is 5.56 Å². The van der Waals surface area contributed by atoms with Crippen molar-refractivity contribution in [3.05, 3.63) is 29.8 Å². The SMILES string of the molecule is NNC(N)(Cc1ccc(O)cc1)C(=O)O. The Hall–Kier alpha value is -1.63. The molecule has 7 N–H and O–H groups in total. The van der Waals surface area contributed by atoms with Gasteiger partial charge in [-0.2, -0.15) is 0 Å². The number of nitrogens with two attached hydrogens (primary N) is 2. The summed E-state index contributed by atoms with van der Waals surface area (Å²) >= 11 is 0. The Morgan fingerprint density at radius 3 is 2.33 bits per heavy atom. The summed E-state index contributed by atoms with van der Waals surface area (Å²) in [5.74, 6) is 3.95. The zero-order chi connectivity index (χ0) is 11.5. The van der Waals surface area contributed by atoms with Gasteiger partial charge in [0.25, 0.3) is 0 Å². The smallest absolute Gasteiger partial charge is 0.340 e. The average molecular weight is 211 g/mol. The summed E-state index contributed by atoms with van der Waals surface area (Å²) in [6, 6.07) is 6.07. The van der Waals surface area contributed by atoms with E-state index in [0.717, 1.165) is 0 Å². The van der Waals surface area contributed by atoms with Crippen molar-refractivity contribution < 1.29 is 15.0 Å². The highest BCUT2D eigenvalue weighted by Crippen LogP contribution is 2.13. The van der Waals surface area contributed by atoms with Crippen LogP contribution < -0.4 is 17.0 Å². The molecule has 0 spiro atoms. The molecule has 0 aliphatic rings. The number of phenols is 1. The molecule has 0 fully saturated rings. The van der Waals surface area contributed by atoms with E-state index in [0.29, 0.717) is 5.56 Å². The normalized spacial score (nSPS) is 14.5. The van der Waals surface area contributed by atoms with E-state index in [2.05, 4.69) is 5.43 Å². The van der Waals surface area contributed by atoms with Crippen LogP contribution in [0.5, 0.6) is 5.75 Å². The molecule has 0 amide bonds. The molecule has 15 heavy (non-hydrogen) atoms. The van der Waals surface area contributed by atoms with Gasteiger partial charge in [0.15, 0.2) is 5.66 Å². The molecule has 6 heteroatoms. The van der Waals surface area contributed by atoms with E-state index in [9.17, 15) is 4.79 Å². The second kappa shape index (κ2) is 4.26. The minimum absolute atomic E-state index is 0.0269. The van der Waals surface area contributed by atoms with Gasteiger partial charge in [-0.15, -0.1) is 0 Å². The van der Waals surface area contributed by atoms with E-state index in [4.69, 9.17) is 21.8 Å². The summed E-state index contributed by atoms with van der Waals surface area (Å²) in [5.41, 5.74) is 6.53. The fourth-order valence-electron chi connectivity index (χ4n) is 1.12. The number of carbonyl (C=O) groups is 1. The third-order valence-corrected chi connectivity index (χ3v) is 2.06. The molecule has 0 radical (unpaired) electrons. The van der Waals surface area contributed by atoms with Crippen molar-refractivity contribution in [2.75, 3.05) is 0 Å². The second-order valence-electron chi connectivity index (χ2n) is 3.26. The van der Waals surface area contributed by atoms with Gasteiger partial charge < -0.3 is 15.9 Å². The second-order valence-corrected chi connectivity index (χ2v) is 3.26. The molecule has 82 valence electrons. The topological polar surface area (TPSA) is 122 Å². The van der Waals surface area contributed by atoms with E-state index in [1.54, 1.807) is 12.1 Å². The Kier molecular flexibility index (Phi) is 3.25. The first kappa shape index (κ1) is 11.4. The number of rotatable bonds is 4. The molecule has 0 aromatic heterocycles. The minimum atomic E-state index is -1.70. The molecule has 0 bridgehead atoms. The van der Waals surface area contributed by atoms with Gasteiger partial charge in [0, 0.05) is 6.42 Å². The van der Waals surface area contributed by atoms with E-state index >= 15 is 0 Å². The largest absolute Gasteiger partial charge is 0.508 e. The molecule has 1 aromatic rings. The first-order valence-electron chi connectivity index (χ1n) is 4.26. The average Bonchev–Trinajstić information content (AvgIpc) is 2.21. The maximum atomic E-state index is 10.8. The van der Waals surface area contributed by atoms with Crippen molar-refractivity contribution >= 4 is 5.97 Å². The van der Waals surface area contributed by atoms with Crippen molar-refractivity contribution in [1.29, 1.82) is 0 Å². The van der Waals surface area contributed by atoms with Gasteiger partial charge in [-0.05, 0) is 17.7 Å². The highest BCUT2D eigenvalue weighted by atomic mass is 16.4. The van der Waals surface area contributed by atoms with Crippen molar-refractivity contribution in [3.63, 3.8) is 0 Å². The van der Waals surface area contributed by atoms with Crippen LogP contribution in [0.4, 0.5) is 0 Å². The van der Waals surface area contributed by atoms with Crippen LogP contribution in [0.3, 0.4) is 0 Å². The van der Waals surface area contributed by atoms with Crippen LogP contribution in [0.25, 0.3) is 0 Å². The quantitative estimate of drug-likeness (QED) is 0.251. The van der Waals surface area contributed by atoms with Crippen LogP contribution in [0, 0.1) is 0 Å². The summed E-state index contributed by atoms with van der Waals surface area (Å²) in [5, 5.41) is 17.9. The summed E-state index contributed by atoms with van der Waals surface area (Å²) in [6.45, 7) is 0. The van der Waals surface area contributed by atoms with Gasteiger partial charge in [0.1, 0.15) is 5.75 Å². The molecule has 0 saturated heterocycles. The molecule has 6 nitrogen and oxygen atoms in total. The van der Waals surface area contributed by atoms with Gasteiger partial charge in [-0.1, -0.05) is 12.1 Å². The van der Waals surface area contributed by atoms with Crippen molar-refractivity contribution in [2.24, 2.45) is 11.6 Å². The molecular formula is C9H13N3O3. The molecule has 1 aromatic carbocycles. The number of aliphatic carboxylic acids is 1. The Morgan fingerprint density at radius 2 is 1.93 bits per heavy atom. The van der Waals surface area contributed by atoms with Gasteiger partial charge in [-0.3, -0.25) is 5.84 Å². The van der Waals surface area contributed by atoms with Gasteiger partial charge >= 0.3 is 5.97 Å². The summed E-state index contributed by atoms with van der Waals surface area (Å²) < 4.78 is 0. The number of aromatic hydroxyl groups is 1. The van der Waals surface area contributed by atoms with Gasteiger partial charge in [0.05, 0.1) is 0 Å². The molecule has 0 saturated carbocycles. The van der Waals surface area contributed by atoms with Crippen molar-refractivity contribution in [1.82, 2.24) is 5.43 Å². The fourth-order valence-corrected chi connectivity index (χ4v) is 1.12. The molecule has 1 atom stereocenters. The summed E-state index contributed by atoms with van der Waals surface area (Å²) in [7, 11) is 0. The molecule has 1 rings (SSSR count). The zero-order valence-electron chi connectivity index (χ0n) is 7.97. The molecule has 0 heterocycles.